The Morgan fingerprint density at radius 3 is 2.62 bits per heavy atom. The Kier molecular flexibility index (Phi) is 5.53. The molecular weight excluding hydrogens is 390 g/mol. The average Bonchev–Trinajstić information content (AvgIpc) is 3.13. The van der Waals surface area contributed by atoms with Crippen molar-refractivity contribution in [2.45, 2.75) is 26.2 Å². The van der Waals surface area contributed by atoms with Gasteiger partial charge in [-0.2, -0.15) is 0 Å². The molecule has 0 spiro atoms. The van der Waals surface area contributed by atoms with E-state index in [2.05, 4.69) is 4.98 Å². The minimum atomic E-state index is -0.521. The normalized spacial score (nSPS) is 14.2. The Morgan fingerprint density at radius 2 is 1.90 bits per heavy atom. The third-order valence-electron chi connectivity index (χ3n) is 5.07. The van der Waals surface area contributed by atoms with Crippen LogP contribution in [0.5, 0.6) is 0 Å². The van der Waals surface area contributed by atoms with Gasteiger partial charge in [0.15, 0.2) is 0 Å². The molecule has 0 atom stereocenters. The highest BCUT2D eigenvalue weighted by atomic mass is 35.5. The summed E-state index contributed by atoms with van der Waals surface area (Å²) in [6, 6.07) is 12.5. The van der Waals surface area contributed by atoms with Gasteiger partial charge in [0.05, 0.1) is 17.6 Å². The van der Waals surface area contributed by atoms with Crippen LogP contribution in [0.1, 0.15) is 47.2 Å². The molecule has 0 N–H and O–H groups in total. The van der Waals surface area contributed by atoms with Crippen molar-refractivity contribution in [3.63, 3.8) is 0 Å². The van der Waals surface area contributed by atoms with Crippen molar-refractivity contribution in [2.24, 2.45) is 0 Å². The number of amides is 1. The number of piperidine rings is 1. The first-order chi connectivity index (χ1) is 14.1. The predicted octanol–water partition coefficient (Wildman–Crippen LogP) is 4.48. The van der Waals surface area contributed by atoms with Gasteiger partial charge < -0.3 is 9.64 Å². The molecule has 4 rings (SSSR count). The Hall–Kier alpha value is -2.86. The van der Waals surface area contributed by atoms with E-state index < -0.39 is 5.97 Å². The van der Waals surface area contributed by atoms with Crippen molar-refractivity contribution in [3.8, 4) is 5.69 Å². The molecule has 1 fully saturated rings. The van der Waals surface area contributed by atoms with Gasteiger partial charge in [-0.3, -0.25) is 9.36 Å². The average molecular weight is 412 g/mol. The van der Waals surface area contributed by atoms with Crippen LogP contribution in [0.4, 0.5) is 0 Å². The largest absolute Gasteiger partial charge is 0.460 e. The van der Waals surface area contributed by atoms with Crippen molar-refractivity contribution >= 4 is 34.5 Å². The zero-order chi connectivity index (χ0) is 20.4. The van der Waals surface area contributed by atoms with Crippen molar-refractivity contribution in [1.29, 1.82) is 0 Å². The lowest BCUT2D eigenvalue weighted by Gasteiger charge is -2.26. The maximum Gasteiger partial charge on any atom is 0.374 e. The van der Waals surface area contributed by atoms with Crippen molar-refractivity contribution in [3.05, 3.63) is 58.9 Å². The molecule has 3 aromatic rings. The predicted molar refractivity (Wildman–Crippen MR) is 112 cm³/mol. The monoisotopic (exact) mass is 411 g/mol. The summed E-state index contributed by atoms with van der Waals surface area (Å²) >= 11 is 6.16. The van der Waals surface area contributed by atoms with E-state index in [0.717, 1.165) is 32.4 Å². The molecular formula is C22H22ClN3O3. The number of hydrogen-bond donors (Lipinski definition) is 0. The van der Waals surface area contributed by atoms with Crippen LogP contribution in [0.15, 0.2) is 42.5 Å². The Balaban J connectivity index is 1.81. The fraction of sp³-hybridized carbons (Fsp3) is 0.318. The number of halogens is 1. The summed E-state index contributed by atoms with van der Waals surface area (Å²) in [6.07, 6.45) is 3.23. The van der Waals surface area contributed by atoms with E-state index in [1.165, 1.54) is 0 Å². The van der Waals surface area contributed by atoms with Crippen LogP contribution in [0.25, 0.3) is 16.7 Å². The molecule has 2 heterocycles. The molecule has 150 valence electrons. The zero-order valence-corrected chi connectivity index (χ0v) is 17.0. The Bertz CT molecular complexity index is 1070. The van der Waals surface area contributed by atoms with Crippen LogP contribution in [0.2, 0.25) is 5.02 Å². The second-order valence-corrected chi connectivity index (χ2v) is 7.46. The zero-order valence-electron chi connectivity index (χ0n) is 16.2. The molecule has 0 saturated carbocycles. The van der Waals surface area contributed by atoms with Gasteiger partial charge in [0.2, 0.25) is 5.82 Å². The number of hydrogen-bond acceptors (Lipinski definition) is 4. The minimum Gasteiger partial charge on any atom is -0.460 e. The number of rotatable bonds is 4. The maximum absolute atomic E-state index is 12.9. The lowest BCUT2D eigenvalue weighted by Crippen LogP contribution is -2.35. The molecule has 0 aliphatic carbocycles. The molecule has 0 bridgehead atoms. The number of esters is 1. The number of carbonyl (C=O) groups is 2. The second kappa shape index (κ2) is 8.25. The number of ether oxygens (including phenoxy) is 1. The molecule has 0 unspecified atom stereocenters. The SMILES string of the molecule is CCOC(=O)c1nc2cc(C(=O)N3CCCCC3)ccc2n1-c1cccc(Cl)c1. The molecule has 2 aromatic carbocycles. The van der Waals surface area contributed by atoms with E-state index >= 15 is 0 Å². The summed E-state index contributed by atoms with van der Waals surface area (Å²) in [7, 11) is 0. The van der Waals surface area contributed by atoms with Gasteiger partial charge in [0, 0.05) is 29.4 Å². The minimum absolute atomic E-state index is 0.00147. The van der Waals surface area contributed by atoms with Gasteiger partial charge in [0.25, 0.3) is 5.91 Å². The lowest BCUT2D eigenvalue weighted by atomic mass is 10.1. The number of imidazole rings is 1. The Morgan fingerprint density at radius 1 is 1.10 bits per heavy atom. The Labute approximate surface area is 174 Å². The van der Waals surface area contributed by atoms with E-state index in [-0.39, 0.29) is 18.3 Å². The van der Waals surface area contributed by atoms with Gasteiger partial charge in [-0.15, -0.1) is 0 Å². The maximum atomic E-state index is 12.9. The number of carbonyl (C=O) groups excluding carboxylic acids is 2. The highest BCUT2D eigenvalue weighted by Gasteiger charge is 2.23. The molecule has 1 aliphatic heterocycles. The van der Waals surface area contributed by atoms with Crippen LogP contribution < -0.4 is 0 Å². The molecule has 1 saturated heterocycles. The lowest BCUT2D eigenvalue weighted by molar-refractivity contribution is 0.0510. The van der Waals surface area contributed by atoms with Crippen molar-refractivity contribution < 1.29 is 14.3 Å². The molecule has 6 nitrogen and oxygen atoms in total. The molecule has 29 heavy (non-hydrogen) atoms. The second-order valence-electron chi connectivity index (χ2n) is 7.03. The smallest absolute Gasteiger partial charge is 0.374 e. The molecule has 0 radical (unpaired) electrons. The van der Waals surface area contributed by atoms with Gasteiger partial charge in [0.1, 0.15) is 0 Å². The summed E-state index contributed by atoms with van der Waals surface area (Å²) in [6.45, 7) is 3.56. The first-order valence-electron chi connectivity index (χ1n) is 9.83. The highest BCUT2D eigenvalue weighted by molar-refractivity contribution is 6.30. The summed E-state index contributed by atoms with van der Waals surface area (Å²) in [5.41, 5.74) is 2.56. The standard InChI is InChI=1S/C22H22ClN3O3/c1-2-29-22(28)20-24-18-13-15(21(27)25-11-4-3-5-12-25)9-10-19(18)26(20)17-8-6-7-16(23)14-17/h6-10,13-14H,2-5,11-12H2,1H3. The summed E-state index contributed by atoms with van der Waals surface area (Å²) in [5, 5.41) is 0.552. The molecule has 1 amide bonds. The van der Waals surface area contributed by atoms with Crippen LogP contribution in [0, 0.1) is 0 Å². The van der Waals surface area contributed by atoms with E-state index in [1.54, 1.807) is 35.8 Å². The van der Waals surface area contributed by atoms with E-state index in [4.69, 9.17) is 16.3 Å². The van der Waals surface area contributed by atoms with Gasteiger partial charge in [-0.1, -0.05) is 17.7 Å². The summed E-state index contributed by atoms with van der Waals surface area (Å²) in [5.74, 6) is -0.360. The van der Waals surface area contributed by atoms with Gasteiger partial charge in [-0.25, -0.2) is 9.78 Å². The van der Waals surface area contributed by atoms with E-state index in [0.29, 0.717) is 27.3 Å². The van der Waals surface area contributed by atoms with Crippen molar-refractivity contribution in [2.75, 3.05) is 19.7 Å². The third-order valence-corrected chi connectivity index (χ3v) is 5.30. The first-order valence-corrected chi connectivity index (χ1v) is 10.2. The highest BCUT2D eigenvalue weighted by Crippen LogP contribution is 2.26. The topological polar surface area (TPSA) is 64.4 Å². The molecule has 1 aromatic heterocycles. The third kappa shape index (κ3) is 3.85. The number of fused-ring (bicyclic) bond motifs is 1. The number of likely N-dealkylation sites (tertiary alicyclic amines) is 1. The number of nitrogens with zero attached hydrogens (tertiary/aromatic N) is 3. The number of aromatic nitrogens is 2. The summed E-state index contributed by atoms with van der Waals surface area (Å²) < 4.78 is 6.91. The van der Waals surface area contributed by atoms with Crippen molar-refractivity contribution in [1.82, 2.24) is 14.5 Å². The van der Waals surface area contributed by atoms with Crippen LogP contribution >= 0.6 is 11.6 Å². The van der Waals surface area contributed by atoms with Gasteiger partial charge >= 0.3 is 5.97 Å². The van der Waals surface area contributed by atoms with E-state index in [1.807, 2.05) is 23.1 Å². The fourth-order valence-corrected chi connectivity index (χ4v) is 3.89. The summed E-state index contributed by atoms with van der Waals surface area (Å²) in [4.78, 5) is 31.8. The first kappa shape index (κ1) is 19.5. The number of benzene rings is 2. The molecule has 1 aliphatic rings. The van der Waals surface area contributed by atoms with Crippen LogP contribution in [-0.2, 0) is 4.74 Å². The van der Waals surface area contributed by atoms with Crippen LogP contribution in [-0.4, -0.2) is 46.0 Å². The van der Waals surface area contributed by atoms with Crippen LogP contribution in [0.3, 0.4) is 0 Å². The quantitative estimate of drug-likeness (QED) is 0.593. The fourth-order valence-electron chi connectivity index (χ4n) is 3.70. The molecule has 7 heteroatoms. The van der Waals surface area contributed by atoms with Gasteiger partial charge in [-0.05, 0) is 62.6 Å². The van der Waals surface area contributed by atoms with E-state index in [9.17, 15) is 9.59 Å².